The first-order chi connectivity index (χ1) is 16.0. The molecule has 6 N–H and O–H groups in total. The summed E-state index contributed by atoms with van der Waals surface area (Å²) in [6.45, 7) is 1.79. The van der Waals surface area contributed by atoms with Gasteiger partial charge in [0.05, 0.1) is 17.1 Å². The van der Waals surface area contributed by atoms with Gasteiger partial charge >= 0.3 is 6.18 Å². The first kappa shape index (κ1) is 24.5. The zero-order valence-corrected chi connectivity index (χ0v) is 17.6. The molecule has 0 bridgehead atoms. The lowest BCUT2D eigenvalue weighted by atomic mass is 9.98. The van der Waals surface area contributed by atoms with Gasteiger partial charge in [0.1, 0.15) is 17.5 Å². The number of nitrogens with zero attached hydrogens (tertiary/aromatic N) is 3. The van der Waals surface area contributed by atoms with Gasteiger partial charge in [0, 0.05) is 47.4 Å². The maximum absolute atomic E-state index is 13.9. The van der Waals surface area contributed by atoms with Crippen LogP contribution < -0.4 is 11.1 Å². The van der Waals surface area contributed by atoms with E-state index in [-0.39, 0.29) is 34.0 Å². The largest absolute Gasteiger partial charge is 0.451 e. The van der Waals surface area contributed by atoms with E-state index in [1.54, 1.807) is 13.0 Å². The Morgan fingerprint density at radius 2 is 1.91 bits per heavy atom. The predicted molar refractivity (Wildman–Crippen MR) is 114 cm³/mol. The number of anilines is 1. The van der Waals surface area contributed by atoms with Crippen molar-refractivity contribution in [1.82, 2.24) is 15.0 Å². The van der Waals surface area contributed by atoms with Crippen LogP contribution in [0.3, 0.4) is 0 Å². The van der Waals surface area contributed by atoms with Crippen LogP contribution in [0, 0.1) is 22.6 Å². The molecule has 0 aliphatic rings. The fraction of sp³-hybridized carbons (Fsp3) is 0.190. The third kappa shape index (κ3) is 5.24. The smallest absolute Gasteiger partial charge is 0.382 e. The van der Waals surface area contributed by atoms with E-state index in [0.717, 1.165) is 18.5 Å². The van der Waals surface area contributed by atoms with Gasteiger partial charge in [-0.25, -0.2) is 24.3 Å². The first-order valence-corrected chi connectivity index (χ1v) is 9.81. The number of rotatable bonds is 8. The Hall–Kier alpha value is -4.16. The molecule has 178 valence electrons. The number of benzene rings is 1. The number of amidine groups is 1. The summed E-state index contributed by atoms with van der Waals surface area (Å²) in [5, 5.41) is 14.0. The maximum Gasteiger partial charge on any atom is 0.451 e. The summed E-state index contributed by atoms with van der Waals surface area (Å²) in [5.74, 6) is -3.82. The molecule has 3 aromatic rings. The fourth-order valence-corrected chi connectivity index (χ4v) is 3.27. The molecule has 3 rings (SSSR count). The number of nitrogens with two attached hydrogens (primary N) is 1. The molecule has 0 radical (unpaired) electrons. The number of H-pyrrole nitrogens is 1. The van der Waals surface area contributed by atoms with E-state index < -0.39 is 29.6 Å². The van der Waals surface area contributed by atoms with Crippen LogP contribution in [-0.2, 0) is 6.18 Å². The molecule has 0 amide bonds. The van der Waals surface area contributed by atoms with Crippen LogP contribution in [0.1, 0.15) is 36.5 Å². The van der Waals surface area contributed by atoms with Gasteiger partial charge in [-0.1, -0.05) is 6.92 Å². The number of halogens is 5. The van der Waals surface area contributed by atoms with Crippen molar-refractivity contribution in [2.75, 3.05) is 5.32 Å². The van der Waals surface area contributed by atoms with Crippen molar-refractivity contribution in [1.29, 1.82) is 10.9 Å². The van der Waals surface area contributed by atoms with Crippen molar-refractivity contribution >= 4 is 11.5 Å². The van der Waals surface area contributed by atoms with Crippen LogP contribution in [0.25, 0.3) is 11.1 Å². The molecule has 0 aliphatic heterocycles. The molecule has 2 heterocycles. The summed E-state index contributed by atoms with van der Waals surface area (Å²) < 4.78 is 65.4. The molecule has 0 aliphatic carbocycles. The molecule has 8 nitrogen and oxygen atoms in total. The summed E-state index contributed by atoms with van der Waals surface area (Å²) in [4.78, 5) is 9.62. The Morgan fingerprint density at radius 1 is 1.24 bits per heavy atom. The maximum atomic E-state index is 13.9. The van der Waals surface area contributed by atoms with Gasteiger partial charge in [0.2, 0.25) is 5.82 Å². The molecule has 34 heavy (non-hydrogen) atoms. The normalized spacial score (nSPS) is 12.9. The van der Waals surface area contributed by atoms with Crippen molar-refractivity contribution in [2.24, 2.45) is 10.8 Å². The average Bonchev–Trinajstić information content (AvgIpc) is 3.22. The lowest BCUT2D eigenvalue weighted by molar-refractivity contribution is -0.144. The van der Waals surface area contributed by atoms with Gasteiger partial charge in [-0.2, -0.15) is 18.3 Å². The predicted octanol–water partition coefficient (Wildman–Crippen LogP) is 5.53. The third-order valence-corrected chi connectivity index (χ3v) is 4.90. The minimum absolute atomic E-state index is 0.0316. The molecule has 0 saturated heterocycles. The van der Waals surface area contributed by atoms with E-state index in [0.29, 0.717) is 18.2 Å². The van der Waals surface area contributed by atoms with E-state index in [9.17, 15) is 22.0 Å². The Morgan fingerprint density at radius 3 is 2.44 bits per heavy atom. The van der Waals surface area contributed by atoms with E-state index in [4.69, 9.17) is 16.7 Å². The number of aromatic amines is 1. The minimum atomic E-state index is -4.70. The molecular formula is C21H19F5N8. The van der Waals surface area contributed by atoms with Crippen molar-refractivity contribution in [3.63, 3.8) is 0 Å². The quantitative estimate of drug-likeness (QED) is 0.126. The van der Waals surface area contributed by atoms with E-state index in [1.165, 1.54) is 12.3 Å². The second-order valence-corrected chi connectivity index (χ2v) is 7.13. The summed E-state index contributed by atoms with van der Waals surface area (Å²) in [6.07, 6.45) is -1.07. The SMILES string of the molecule is CCC(/C(=C/Nc1ccc(F)cc1F)N=N)c1cc(-c2cnc(C(F)(F)F)nc2)c(C(=N)N)[nH]1. The standard InChI is InChI=1S/C21H19F5N8/c1-2-12(17(34-29)9-30-15-4-3-11(22)5-14(15)23)16-6-13(18(33-16)19(27)28)10-7-31-20(32-8-10)21(24,25)26/h3-9,12,29-30,33H,2H2,1H3,(H3,27,28)/b17-9-,34-29?. The number of hydrogen-bond acceptors (Lipinski definition) is 6. The molecular weight excluding hydrogens is 459 g/mol. The van der Waals surface area contributed by atoms with Gasteiger partial charge in [-0.05, 0) is 24.6 Å². The topological polar surface area (TPSA) is 140 Å². The molecule has 13 heteroatoms. The zero-order valence-electron chi connectivity index (χ0n) is 17.6. The van der Waals surface area contributed by atoms with Gasteiger partial charge in [-0.15, -0.1) is 0 Å². The van der Waals surface area contributed by atoms with Crippen LogP contribution in [0.2, 0.25) is 0 Å². The van der Waals surface area contributed by atoms with E-state index >= 15 is 0 Å². The lowest BCUT2D eigenvalue weighted by Crippen LogP contribution is -2.14. The van der Waals surface area contributed by atoms with E-state index in [1.807, 2.05) is 0 Å². The number of nitrogen functional groups attached to an aromatic ring is 1. The Balaban J connectivity index is 1.98. The third-order valence-electron chi connectivity index (χ3n) is 4.90. The highest BCUT2D eigenvalue weighted by Gasteiger charge is 2.34. The monoisotopic (exact) mass is 478 g/mol. The number of nitrogens with one attached hydrogen (secondary N) is 4. The average molecular weight is 478 g/mol. The minimum Gasteiger partial charge on any atom is -0.382 e. The number of allylic oxidation sites excluding steroid dienone is 1. The van der Waals surface area contributed by atoms with E-state index in [2.05, 4.69) is 25.4 Å². The molecule has 0 fully saturated rings. The molecule has 1 aromatic carbocycles. The summed E-state index contributed by atoms with van der Waals surface area (Å²) in [7, 11) is 0. The molecule has 1 atom stereocenters. The van der Waals surface area contributed by atoms with Crippen LogP contribution in [0.15, 0.2) is 53.7 Å². The number of aromatic nitrogens is 3. The second-order valence-electron chi connectivity index (χ2n) is 7.13. The van der Waals surface area contributed by atoms with Gasteiger partial charge in [-0.3, -0.25) is 5.41 Å². The summed E-state index contributed by atoms with van der Waals surface area (Å²) in [5.41, 5.74) is 14.4. The fourth-order valence-electron chi connectivity index (χ4n) is 3.27. The highest BCUT2D eigenvalue weighted by Crippen LogP contribution is 2.34. The van der Waals surface area contributed by atoms with Crippen molar-refractivity contribution < 1.29 is 22.0 Å². The molecule has 1 unspecified atom stereocenters. The van der Waals surface area contributed by atoms with Gasteiger partial charge in [0.25, 0.3) is 0 Å². The lowest BCUT2D eigenvalue weighted by Gasteiger charge is -2.14. The van der Waals surface area contributed by atoms with Crippen molar-refractivity contribution in [3.8, 4) is 11.1 Å². The molecule has 2 aromatic heterocycles. The first-order valence-electron chi connectivity index (χ1n) is 9.81. The summed E-state index contributed by atoms with van der Waals surface area (Å²) >= 11 is 0. The highest BCUT2D eigenvalue weighted by atomic mass is 19.4. The number of hydrogen-bond donors (Lipinski definition) is 5. The van der Waals surface area contributed by atoms with Crippen LogP contribution in [0.5, 0.6) is 0 Å². The van der Waals surface area contributed by atoms with Crippen LogP contribution in [0.4, 0.5) is 27.6 Å². The van der Waals surface area contributed by atoms with Crippen molar-refractivity contribution in [2.45, 2.75) is 25.4 Å². The van der Waals surface area contributed by atoms with Crippen LogP contribution in [-0.4, -0.2) is 20.8 Å². The zero-order chi connectivity index (χ0) is 25.0. The van der Waals surface area contributed by atoms with Crippen molar-refractivity contribution in [3.05, 3.63) is 77.4 Å². The Labute approximate surface area is 190 Å². The number of alkyl halides is 3. The highest BCUT2D eigenvalue weighted by molar-refractivity contribution is 6.00. The Bertz CT molecular complexity index is 1230. The second kappa shape index (κ2) is 9.77. The van der Waals surface area contributed by atoms with Gasteiger partial charge in [0.15, 0.2) is 0 Å². The van der Waals surface area contributed by atoms with Crippen LogP contribution >= 0.6 is 0 Å². The summed E-state index contributed by atoms with van der Waals surface area (Å²) in [6, 6.07) is 4.51. The van der Waals surface area contributed by atoms with Gasteiger partial charge < -0.3 is 16.0 Å². The Kier molecular flexibility index (Phi) is 7.03. The molecule has 0 spiro atoms. The molecule has 0 saturated carbocycles.